The van der Waals surface area contributed by atoms with Crippen molar-refractivity contribution >= 4 is 5.88 Å². The molecule has 1 N–H and O–H groups in total. The van der Waals surface area contributed by atoms with Crippen molar-refractivity contribution in [3.05, 3.63) is 83.7 Å². The molecule has 0 unspecified atom stereocenters. The Morgan fingerprint density at radius 3 is 2.50 bits per heavy atom. The van der Waals surface area contributed by atoms with Crippen LogP contribution in [0.15, 0.2) is 75.6 Å². The number of furan rings is 1. The first-order valence-corrected chi connectivity index (χ1v) is 9.30. The Balaban J connectivity index is 1.43. The SMILES string of the molecule is COc1ccc(CNc2oc(-c3ccc(COc4ccccc4)o3)nc2C#N)cc1. The Morgan fingerprint density at radius 2 is 1.77 bits per heavy atom. The molecule has 0 saturated heterocycles. The zero-order valence-electron chi connectivity index (χ0n) is 16.3. The third-order valence-corrected chi connectivity index (χ3v) is 4.34. The van der Waals surface area contributed by atoms with E-state index in [1.54, 1.807) is 19.2 Å². The predicted molar refractivity (Wildman–Crippen MR) is 110 cm³/mol. The van der Waals surface area contributed by atoms with Crippen molar-refractivity contribution in [2.45, 2.75) is 13.2 Å². The quantitative estimate of drug-likeness (QED) is 0.444. The number of anilines is 1. The van der Waals surface area contributed by atoms with Crippen LogP contribution in [0.4, 0.5) is 5.88 Å². The number of nitriles is 1. The average Bonchev–Trinajstić information content (AvgIpc) is 3.44. The van der Waals surface area contributed by atoms with Gasteiger partial charge < -0.3 is 23.6 Å². The second-order valence-corrected chi connectivity index (χ2v) is 6.38. The number of nitrogens with zero attached hydrogens (tertiary/aromatic N) is 2. The molecule has 0 bridgehead atoms. The number of hydrogen-bond donors (Lipinski definition) is 1. The van der Waals surface area contributed by atoms with Crippen LogP contribution in [-0.4, -0.2) is 12.1 Å². The summed E-state index contributed by atoms with van der Waals surface area (Å²) in [4.78, 5) is 4.23. The minimum absolute atomic E-state index is 0.164. The first kappa shape index (κ1) is 19.2. The van der Waals surface area contributed by atoms with E-state index in [1.165, 1.54) is 0 Å². The van der Waals surface area contributed by atoms with Gasteiger partial charge in [-0.25, -0.2) is 0 Å². The topological polar surface area (TPSA) is 93.4 Å². The van der Waals surface area contributed by atoms with Gasteiger partial charge in [-0.1, -0.05) is 30.3 Å². The zero-order valence-corrected chi connectivity index (χ0v) is 16.3. The zero-order chi connectivity index (χ0) is 20.8. The summed E-state index contributed by atoms with van der Waals surface area (Å²) in [6, 6.07) is 22.6. The van der Waals surface area contributed by atoms with Crippen LogP contribution in [-0.2, 0) is 13.2 Å². The van der Waals surface area contributed by atoms with E-state index in [1.807, 2.05) is 60.7 Å². The van der Waals surface area contributed by atoms with Gasteiger partial charge in [0.25, 0.3) is 5.89 Å². The lowest BCUT2D eigenvalue weighted by atomic mass is 10.2. The van der Waals surface area contributed by atoms with Crippen LogP contribution >= 0.6 is 0 Å². The van der Waals surface area contributed by atoms with Gasteiger partial charge in [0.15, 0.2) is 5.76 Å². The highest BCUT2D eigenvalue weighted by Gasteiger charge is 2.17. The molecule has 0 aliphatic carbocycles. The second-order valence-electron chi connectivity index (χ2n) is 6.38. The summed E-state index contributed by atoms with van der Waals surface area (Å²) >= 11 is 0. The molecule has 0 atom stereocenters. The summed E-state index contributed by atoms with van der Waals surface area (Å²) < 4.78 is 22.3. The third kappa shape index (κ3) is 4.45. The van der Waals surface area contributed by atoms with E-state index in [0.717, 1.165) is 17.1 Å². The highest BCUT2D eigenvalue weighted by Crippen LogP contribution is 2.28. The second kappa shape index (κ2) is 8.88. The molecule has 0 saturated carbocycles. The molecule has 4 aromatic rings. The minimum Gasteiger partial charge on any atom is -0.497 e. The smallest absolute Gasteiger partial charge is 0.266 e. The monoisotopic (exact) mass is 401 g/mol. The van der Waals surface area contributed by atoms with Gasteiger partial charge in [0.2, 0.25) is 11.6 Å². The average molecular weight is 401 g/mol. The van der Waals surface area contributed by atoms with Crippen molar-refractivity contribution in [1.82, 2.24) is 4.98 Å². The van der Waals surface area contributed by atoms with E-state index in [9.17, 15) is 5.26 Å². The van der Waals surface area contributed by atoms with Crippen molar-refractivity contribution in [2.75, 3.05) is 12.4 Å². The number of nitrogens with one attached hydrogen (secondary N) is 1. The van der Waals surface area contributed by atoms with Crippen molar-refractivity contribution in [3.8, 4) is 29.2 Å². The van der Waals surface area contributed by atoms with Gasteiger partial charge in [0, 0.05) is 6.54 Å². The summed E-state index contributed by atoms with van der Waals surface area (Å²) in [6.07, 6.45) is 0. The van der Waals surface area contributed by atoms with Gasteiger partial charge in [-0.3, -0.25) is 0 Å². The summed E-state index contributed by atoms with van der Waals surface area (Å²) in [5.41, 5.74) is 1.17. The molecule has 2 aromatic heterocycles. The van der Waals surface area contributed by atoms with E-state index in [4.69, 9.17) is 18.3 Å². The predicted octanol–water partition coefficient (Wildman–Crippen LogP) is 5.01. The van der Waals surface area contributed by atoms with Crippen molar-refractivity contribution < 1.29 is 18.3 Å². The maximum Gasteiger partial charge on any atom is 0.266 e. The summed E-state index contributed by atoms with van der Waals surface area (Å²) in [5.74, 6) is 3.11. The van der Waals surface area contributed by atoms with Crippen LogP contribution in [0.25, 0.3) is 11.7 Å². The van der Waals surface area contributed by atoms with Crippen molar-refractivity contribution in [1.29, 1.82) is 5.26 Å². The van der Waals surface area contributed by atoms with Crippen LogP contribution in [0.5, 0.6) is 11.5 Å². The fourth-order valence-corrected chi connectivity index (χ4v) is 2.79. The van der Waals surface area contributed by atoms with E-state index in [-0.39, 0.29) is 18.2 Å². The van der Waals surface area contributed by atoms with Crippen molar-refractivity contribution in [3.63, 3.8) is 0 Å². The Kier molecular flexibility index (Phi) is 5.67. The molecule has 150 valence electrons. The van der Waals surface area contributed by atoms with Crippen LogP contribution in [0.1, 0.15) is 17.0 Å². The molecular weight excluding hydrogens is 382 g/mol. The largest absolute Gasteiger partial charge is 0.497 e. The lowest BCUT2D eigenvalue weighted by Gasteiger charge is -2.04. The Morgan fingerprint density at radius 1 is 0.967 bits per heavy atom. The summed E-state index contributed by atoms with van der Waals surface area (Å²) in [7, 11) is 1.62. The number of methoxy groups -OCH3 is 1. The summed E-state index contributed by atoms with van der Waals surface area (Å²) in [6.45, 7) is 0.750. The molecule has 0 amide bonds. The van der Waals surface area contributed by atoms with Crippen LogP contribution in [0.3, 0.4) is 0 Å². The molecule has 0 aliphatic rings. The molecule has 0 spiro atoms. The van der Waals surface area contributed by atoms with E-state index >= 15 is 0 Å². The fraction of sp³-hybridized carbons (Fsp3) is 0.130. The minimum atomic E-state index is 0.164. The van der Waals surface area contributed by atoms with Gasteiger partial charge in [-0.05, 0) is 42.0 Å². The summed E-state index contributed by atoms with van der Waals surface area (Å²) in [5, 5.41) is 12.5. The van der Waals surface area contributed by atoms with Crippen LogP contribution in [0.2, 0.25) is 0 Å². The van der Waals surface area contributed by atoms with Gasteiger partial charge in [0.05, 0.1) is 7.11 Å². The number of aromatic nitrogens is 1. The first-order valence-electron chi connectivity index (χ1n) is 9.30. The normalized spacial score (nSPS) is 10.4. The molecule has 2 heterocycles. The molecule has 0 aliphatic heterocycles. The number of rotatable bonds is 8. The van der Waals surface area contributed by atoms with Crippen LogP contribution in [0, 0.1) is 11.3 Å². The molecule has 30 heavy (non-hydrogen) atoms. The van der Waals surface area contributed by atoms with Crippen molar-refractivity contribution in [2.24, 2.45) is 0 Å². The molecule has 7 nitrogen and oxygen atoms in total. The molecule has 0 fully saturated rings. The molecular formula is C23H19N3O4. The molecule has 2 aromatic carbocycles. The number of benzene rings is 2. The lowest BCUT2D eigenvalue weighted by Crippen LogP contribution is -1.99. The maximum absolute atomic E-state index is 9.38. The number of hydrogen-bond acceptors (Lipinski definition) is 7. The van der Waals surface area contributed by atoms with Gasteiger partial charge in [0.1, 0.15) is 29.9 Å². The van der Waals surface area contributed by atoms with Gasteiger partial charge >= 0.3 is 0 Å². The maximum atomic E-state index is 9.38. The Hall–Kier alpha value is -4.18. The lowest BCUT2D eigenvalue weighted by molar-refractivity contribution is 0.271. The number of oxazole rings is 1. The highest BCUT2D eigenvalue weighted by molar-refractivity contribution is 5.54. The number of para-hydroxylation sites is 1. The van der Waals surface area contributed by atoms with E-state index in [0.29, 0.717) is 23.9 Å². The molecule has 4 rings (SSSR count). The van der Waals surface area contributed by atoms with E-state index < -0.39 is 0 Å². The third-order valence-electron chi connectivity index (χ3n) is 4.34. The Bertz CT molecular complexity index is 1140. The van der Waals surface area contributed by atoms with Crippen LogP contribution < -0.4 is 14.8 Å². The fourth-order valence-electron chi connectivity index (χ4n) is 2.79. The standard InChI is InChI=1S/C23H19N3O4/c1-27-17-9-7-16(8-10-17)14-25-22-20(13-24)26-23(30-22)21-12-11-19(29-21)15-28-18-5-3-2-4-6-18/h2-12,25H,14-15H2,1H3. The van der Waals surface area contributed by atoms with E-state index in [2.05, 4.69) is 10.3 Å². The highest BCUT2D eigenvalue weighted by atomic mass is 16.5. The van der Waals surface area contributed by atoms with Gasteiger partial charge in [-0.15, -0.1) is 0 Å². The molecule has 7 heteroatoms. The Labute approximate surface area is 173 Å². The first-order chi connectivity index (χ1) is 14.7. The molecule has 0 radical (unpaired) electrons. The van der Waals surface area contributed by atoms with Gasteiger partial charge in [-0.2, -0.15) is 10.2 Å². The number of ether oxygens (including phenoxy) is 2.